The molecule has 0 aliphatic heterocycles. The predicted molar refractivity (Wildman–Crippen MR) is 112 cm³/mol. The first-order chi connectivity index (χ1) is 13.4. The first-order valence-corrected chi connectivity index (χ1v) is 10.5. The molecule has 0 amide bonds. The van der Waals surface area contributed by atoms with Gasteiger partial charge in [-0.3, -0.25) is 0 Å². The zero-order chi connectivity index (χ0) is 18.1. The molecule has 2 aliphatic rings. The zero-order valence-electron chi connectivity index (χ0n) is 15.9. The summed E-state index contributed by atoms with van der Waals surface area (Å²) < 4.78 is 6.09. The van der Waals surface area contributed by atoms with Crippen LogP contribution >= 0.6 is 0 Å². The molecule has 1 fully saturated rings. The first-order valence-electron chi connectivity index (χ1n) is 10.5. The van der Waals surface area contributed by atoms with E-state index in [2.05, 4.69) is 42.5 Å². The highest BCUT2D eigenvalue weighted by Crippen LogP contribution is 2.45. The standard InChI is InChI=1S/C25H27NO/c1-3-8-18(9-4-1)14-17-23-26-25-22(27-23)16-15-20-12-7-13-21(24(20)25)19-10-5-2-6-11-19/h1,3-4,8-9,14-17,19,21H,2,5-7,10-13H2/b17-14-. The fourth-order valence-electron chi connectivity index (χ4n) is 5.17. The second-order valence-corrected chi connectivity index (χ2v) is 8.18. The highest BCUT2D eigenvalue weighted by molar-refractivity contribution is 5.81. The van der Waals surface area contributed by atoms with Crippen LogP contribution in [0.4, 0.5) is 0 Å². The minimum absolute atomic E-state index is 0.675. The average Bonchev–Trinajstić information content (AvgIpc) is 3.17. The van der Waals surface area contributed by atoms with Crippen LogP contribution < -0.4 is 0 Å². The van der Waals surface area contributed by atoms with Crippen LogP contribution in [-0.4, -0.2) is 4.98 Å². The summed E-state index contributed by atoms with van der Waals surface area (Å²) in [7, 11) is 0. The number of benzene rings is 2. The zero-order valence-corrected chi connectivity index (χ0v) is 15.9. The molecule has 2 heteroatoms. The molecular formula is C25H27NO. The van der Waals surface area contributed by atoms with Crippen LogP contribution in [0.1, 0.15) is 73.4 Å². The van der Waals surface area contributed by atoms with Gasteiger partial charge in [-0.25, -0.2) is 4.98 Å². The molecule has 1 unspecified atom stereocenters. The minimum Gasteiger partial charge on any atom is -0.437 e. The van der Waals surface area contributed by atoms with Gasteiger partial charge in [0, 0.05) is 6.08 Å². The van der Waals surface area contributed by atoms with Gasteiger partial charge in [0.05, 0.1) is 0 Å². The Morgan fingerprint density at radius 2 is 1.70 bits per heavy atom. The molecule has 138 valence electrons. The van der Waals surface area contributed by atoms with Crippen molar-refractivity contribution in [3.05, 3.63) is 65.0 Å². The van der Waals surface area contributed by atoms with Crippen molar-refractivity contribution < 1.29 is 4.42 Å². The van der Waals surface area contributed by atoms with Crippen LogP contribution in [0.3, 0.4) is 0 Å². The molecule has 2 aliphatic carbocycles. The second kappa shape index (κ2) is 7.34. The summed E-state index contributed by atoms with van der Waals surface area (Å²) in [6.07, 6.45) is 14.9. The molecule has 0 saturated heterocycles. The van der Waals surface area contributed by atoms with Crippen molar-refractivity contribution in [2.45, 2.75) is 57.3 Å². The van der Waals surface area contributed by atoms with Crippen LogP contribution in [0.5, 0.6) is 0 Å². The Hall–Kier alpha value is -2.35. The third-order valence-corrected chi connectivity index (χ3v) is 6.48. The van der Waals surface area contributed by atoms with Crippen molar-refractivity contribution in [1.82, 2.24) is 4.98 Å². The van der Waals surface area contributed by atoms with Gasteiger partial charge in [0.15, 0.2) is 5.58 Å². The van der Waals surface area contributed by atoms with Crippen LogP contribution in [-0.2, 0) is 6.42 Å². The van der Waals surface area contributed by atoms with Gasteiger partial charge in [0.2, 0.25) is 5.89 Å². The van der Waals surface area contributed by atoms with E-state index in [-0.39, 0.29) is 0 Å². The van der Waals surface area contributed by atoms with Crippen LogP contribution in [0.15, 0.2) is 46.9 Å². The number of hydrogen-bond acceptors (Lipinski definition) is 2. The largest absolute Gasteiger partial charge is 0.437 e. The van der Waals surface area contributed by atoms with Gasteiger partial charge in [0.1, 0.15) is 5.52 Å². The van der Waals surface area contributed by atoms with E-state index in [0.717, 1.165) is 22.9 Å². The Morgan fingerprint density at radius 1 is 0.852 bits per heavy atom. The summed E-state index contributed by atoms with van der Waals surface area (Å²) in [5, 5.41) is 0. The van der Waals surface area contributed by atoms with Gasteiger partial charge in [-0.05, 0) is 72.8 Å². The molecule has 1 saturated carbocycles. The lowest BCUT2D eigenvalue weighted by molar-refractivity contribution is 0.285. The van der Waals surface area contributed by atoms with E-state index in [0.29, 0.717) is 5.92 Å². The summed E-state index contributed by atoms with van der Waals surface area (Å²) in [4.78, 5) is 4.93. The highest BCUT2D eigenvalue weighted by atomic mass is 16.3. The predicted octanol–water partition coefficient (Wildman–Crippen LogP) is 7.00. The van der Waals surface area contributed by atoms with Crippen LogP contribution in [0, 0.1) is 5.92 Å². The first kappa shape index (κ1) is 16.8. The molecule has 5 rings (SSSR count). The third-order valence-electron chi connectivity index (χ3n) is 6.48. The Labute approximate surface area is 161 Å². The van der Waals surface area contributed by atoms with E-state index in [1.54, 1.807) is 0 Å². The normalized spacial score (nSPS) is 21.0. The molecule has 0 radical (unpaired) electrons. The third kappa shape index (κ3) is 3.34. The Bertz CT molecular complexity index is 947. The van der Waals surface area contributed by atoms with E-state index < -0.39 is 0 Å². The number of rotatable bonds is 3. The van der Waals surface area contributed by atoms with Crippen molar-refractivity contribution in [2.24, 2.45) is 5.92 Å². The maximum atomic E-state index is 6.09. The minimum atomic E-state index is 0.675. The SMILES string of the molecule is C(=C/c1nc2c3c(ccc2o1)CCCC3C1CCCCC1)/c1ccccc1. The molecule has 1 aromatic heterocycles. The lowest BCUT2D eigenvalue weighted by atomic mass is 9.70. The van der Waals surface area contributed by atoms with Crippen LogP contribution in [0.2, 0.25) is 0 Å². The number of aromatic nitrogens is 1. The average molecular weight is 357 g/mol. The maximum Gasteiger partial charge on any atom is 0.220 e. The van der Waals surface area contributed by atoms with Gasteiger partial charge in [-0.1, -0.05) is 55.7 Å². The van der Waals surface area contributed by atoms with Crippen molar-refractivity contribution in [3.63, 3.8) is 0 Å². The molecule has 3 aromatic rings. The molecule has 2 nitrogen and oxygen atoms in total. The molecular weight excluding hydrogens is 330 g/mol. The Morgan fingerprint density at radius 3 is 2.56 bits per heavy atom. The number of hydrogen-bond donors (Lipinski definition) is 0. The molecule has 27 heavy (non-hydrogen) atoms. The molecule has 1 heterocycles. The van der Waals surface area contributed by atoms with E-state index in [4.69, 9.17) is 9.40 Å². The highest BCUT2D eigenvalue weighted by Gasteiger charge is 2.31. The van der Waals surface area contributed by atoms with Gasteiger partial charge in [0.25, 0.3) is 0 Å². The molecule has 2 aromatic carbocycles. The lowest BCUT2D eigenvalue weighted by Crippen LogP contribution is -2.21. The number of nitrogens with zero attached hydrogens (tertiary/aromatic N) is 1. The van der Waals surface area contributed by atoms with Crippen molar-refractivity contribution in [2.75, 3.05) is 0 Å². The van der Waals surface area contributed by atoms with Gasteiger partial charge in [-0.2, -0.15) is 0 Å². The molecule has 0 N–H and O–H groups in total. The smallest absolute Gasteiger partial charge is 0.220 e. The number of fused-ring (bicyclic) bond motifs is 3. The van der Waals surface area contributed by atoms with Gasteiger partial charge in [-0.15, -0.1) is 0 Å². The summed E-state index contributed by atoms with van der Waals surface area (Å²) >= 11 is 0. The van der Waals surface area contributed by atoms with Crippen molar-refractivity contribution in [1.29, 1.82) is 0 Å². The second-order valence-electron chi connectivity index (χ2n) is 8.18. The fraction of sp³-hybridized carbons (Fsp3) is 0.400. The fourth-order valence-corrected chi connectivity index (χ4v) is 5.17. The monoisotopic (exact) mass is 357 g/mol. The molecule has 0 bridgehead atoms. The Balaban J connectivity index is 1.52. The van der Waals surface area contributed by atoms with Gasteiger partial charge >= 0.3 is 0 Å². The van der Waals surface area contributed by atoms with E-state index in [1.165, 1.54) is 68.1 Å². The van der Waals surface area contributed by atoms with Crippen molar-refractivity contribution in [3.8, 4) is 0 Å². The quantitative estimate of drug-likeness (QED) is 0.504. The number of aryl methyl sites for hydroxylation is 1. The Kier molecular flexibility index (Phi) is 4.57. The lowest BCUT2D eigenvalue weighted by Gasteiger charge is -2.34. The van der Waals surface area contributed by atoms with Crippen molar-refractivity contribution >= 4 is 23.3 Å². The topological polar surface area (TPSA) is 26.0 Å². The van der Waals surface area contributed by atoms with E-state index in [9.17, 15) is 0 Å². The maximum absolute atomic E-state index is 6.09. The molecule has 1 atom stereocenters. The van der Waals surface area contributed by atoms with Crippen LogP contribution in [0.25, 0.3) is 23.3 Å². The van der Waals surface area contributed by atoms with E-state index >= 15 is 0 Å². The summed E-state index contributed by atoms with van der Waals surface area (Å²) in [6.45, 7) is 0. The summed E-state index contributed by atoms with van der Waals surface area (Å²) in [6, 6.07) is 14.8. The van der Waals surface area contributed by atoms with E-state index in [1.807, 2.05) is 12.1 Å². The summed E-state index contributed by atoms with van der Waals surface area (Å²) in [5.41, 5.74) is 6.26. The molecule has 0 spiro atoms. The number of oxazole rings is 1. The van der Waals surface area contributed by atoms with Gasteiger partial charge < -0.3 is 4.42 Å². The summed E-state index contributed by atoms with van der Waals surface area (Å²) in [5.74, 6) is 2.23.